The quantitative estimate of drug-likeness (QED) is 0.304. The SMILES string of the molecule is NC(=O)c1ccc2[nH]c3c(C(=O)NC4CCC(N)CC4)cc(-c4ccc(Cl)c(Cl)c4)cc3c2c1. The molecule has 0 atom stereocenters. The van der Waals surface area contributed by atoms with Crippen LogP contribution in [-0.4, -0.2) is 28.9 Å². The Morgan fingerprint density at radius 1 is 0.882 bits per heavy atom. The lowest BCUT2D eigenvalue weighted by Crippen LogP contribution is -2.40. The van der Waals surface area contributed by atoms with Gasteiger partial charge in [-0.15, -0.1) is 0 Å². The average Bonchev–Trinajstić information content (AvgIpc) is 3.19. The number of carbonyl (C=O) groups excluding carboxylic acids is 2. The van der Waals surface area contributed by atoms with Crippen molar-refractivity contribution in [3.8, 4) is 11.1 Å². The molecular formula is C26H24Cl2N4O2. The molecule has 0 radical (unpaired) electrons. The van der Waals surface area contributed by atoms with E-state index in [1.165, 1.54) is 0 Å². The zero-order valence-electron chi connectivity index (χ0n) is 18.3. The Hall–Kier alpha value is -3.06. The summed E-state index contributed by atoms with van der Waals surface area (Å²) >= 11 is 12.4. The van der Waals surface area contributed by atoms with E-state index < -0.39 is 5.91 Å². The number of aromatic nitrogens is 1. The van der Waals surface area contributed by atoms with Crippen LogP contribution in [0.4, 0.5) is 0 Å². The van der Waals surface area contributed by atoms with Gasteiger partial charge in [0.1, 0.15) is 0 Å². The molecule has 0 unspecified atom stereocenters. The highest BCUT2D eigenvalue weighted by molar-refractivity contribution is 6.42. The van der Waals surface area contributed by atoms with E-state index in [4.69, 9.17) is 34.7 Å². The standard InChI is InChI=1S/C26H24Cl2N4O2/c27-21-7-1-13(12-22(21)28)15-10-19-18-9-14(25(30)33)2-8-23(18)32-24(19)20(11-15)26(34)31-17-5-3-16(29)4-6-17/h1-2,7-12,16-17,32H,3-6,29H2,(H2,30,33)(H,31,34). The second-order valence-electron chi connectivity index (χ2n) is 8.91. The number of benzene rings is 3. The molecular weight excluding hydrogens is 471 g/mol. The van der Waals surface area contributed by atoms with E-state index in [0.717, 1.165) is 53.1 Å². The molecule has 1 aliphatic rings. The average molecular weight is 495 g/mol. The third-order valence-electron chi connectivity index (χ3n) is 6.60. The van der Waals surface area contributed by atoms with Gasteiger partial charge in [-0.3, -0.25) is 9.59 Å². The van der Waals surface area contributed by atoms with Gasteiger partial charge in [0.25, 0.3) is 5.91 Å². The zero-order valence-corrected chi connectivity index (χ0v) is 19.8. The summed E-state index contributed by atoms with van der Waals surface area (Å²) in [6.45, 7) is 0. The van der Waals surface area contributed by atoms with Gasteiger partial charge in [-0.1, -0.05) is 29.3 Å². The van der Waals surface area contributed by atoms with E-state index in [0.29, 0.717) is 26.7 Å². The van der Waals surface area contributed by atoms with Gasteiger partial charge in [0, 0.05) is 33.9 Å². The third-order valence-corrected chi connectivity index (χ3v) is 7.34. The second kappa shape index (κ2) is 8.95. The summed E-state index contributed by atoms with van der Waals surface area (Å²) in [4.78, 5) is 28.6. The van der Waals surface area contributed by atoms with Crippen molar-refractivity contribution in [3.63, 3.8) is 0 Å². The van der Waals surface area contributed by atoms with Crippen molar-refractivity contribution in [2.45, 2.75) is 37.8 Å². The van der Waals surface area contributed by atoms with Crippen molar-refractivity contribution in [1.82, 2.24) is 10.3 Å². The van der Waals surface area contributed by atoms with E-state index in [-0.39, 0.29) is 18.0 Å². The lowest BCUT2D eigenvalue weighted by molar-refractivity contribution is 0.0926. The molecule has 34 heavy (non-hydrogen) atoms. The van der Waals surface area contributed by atoms with Crippen molar-refractivity contribution in [3.05, 3.63) is 69.7 Å². The summed E-state index contributed by atoms with van der Waals surface area (Å²) in [5, 5.41) is 5.70. The number of hydrogen-bond acceptors (Lipinski definition) is 3. The van der Waals surface area contributed by atoms with Gasteiger partial charge in [-0.05, 0) is 79.3 Å². The minimum atomic E-state index is -0.509. The summed E-state index contributed by atoms with van der Waals surface area (Å²) in [5.74, 6) is -0.667. The van der Waals surface area contributed by atoms with E-state index in [2.05, 4.69) is 10.3 Å². The van der Waals surface area contributed by atoms with Crippen LogP contribution in [0.5, 0.6) is 0 Å². The highest BCUT2D eigenvalue weighted by Gasteiger charge is 2.23. The van der Waals surface area contributed by atoms with Crippen molar-refractivity contribution >= 4 is 56.8 Å². The Balaban J connectivity index is 1.67. The van der Waals surface area contributed by atoms with Crippen molar-refractivity contribution in [2.75, 3.05) is 0 Å². The number of nitrogens with one attached hydrogen (secondary N) is 2. The van der Waals surface area contributed by atoms with Gasteiger partial charge in [0.2, 0.25) is 5.91 Å². The highest BCUT2D eigenvalue weighted by atomic mass is 35.5. The van der Waals surface area contributed by atoms with Crippen LogP contribution in [0.15, 0.2) is 48.5 Å². The van der Waals surface area contributed by atoms with E-state index in [1.54, 1.807) is 30.3 Å². The predicted octanol–water partition coefficient (Wildman–Crippen LogP) is 5.39. The molecule has 2 amide bonds. The maximum atomic E-state index is 13.5. The van der Waals surface area contributed by atoms with Gasteiger partial charge in [0.05, 0.1) is 21.1 Å². The monoisotopic (exact) mass is 494 g/mol. The van der Waals surface area contributed by atoms with Gasteiger partial charge >= 0.3 is 0 Å². The fourth-order valence-electron chi connectivity index (χ4n) is 4.70. The Labute approximate surface area is 206 Å². The number of rotatable bonds is 4. The summed E-state index contributed by atoms with van der Waals surface area (Å²) in [5.41, 5.74) is 15.6. The number of H-pyrrole nitrogens is 1. The fourth-order valence-corrected chi connectivity index (χ4v) is 5.00. The van der Waals surface area contributed by atoms with E-state index in [1.807, 2.05) is 18.2 Å². The van der Waals surface area contributed by atoms with Crippen LogP contribution in [-0.2, 0) is 0 Å². The minimum Gasteiger partial charge on any atom is -0.366 e. The maximum Gasteiger partial charge on any atom is 0.253 e. The number of nitrogens with two attached hydrogens (primary N) is 2. The Kier molecular flexibility index (Phi) is 5.98. The molecule has 3 aromatic carbocycles. The molecule has 1 aromatic heterocycles. The van der Waals surface area contributed by atoms with Crippen molar-refractivity contribution in [1.29, 1.82) is 0 Å². The van der Waals surface area contributed by atoms with Crippen molar-refractivity contribution in [2.24, 2.45) is 11.5 Å². The number of amides is 2. The van der Waals surface area contributed by atoms with Gasteiger partial charge in [0.15, 0.2) is 0 Å². The summed E-state index contributed by atoms with van der Waals surface area (Å²) in [6.07, 6.45) is 3.51. The molecule has 6 N–H and O–H groups in total. The molecule has 6 nitrogen and oxygen atoms in total. The minimum absolute atomic E-state index is 0.0850. The smallest absolute Gasteiger partial charge is 0.253 e. The molecule has 1 heterocycles. The number of aromatic amines is 1. The van der Waals surface area contributed by atoms with Gasteiger partial charge in [-0.2, -0.15) is 0 Å². The maximum absolute atomic E-state index is 13.5. The molecule has 0 bridgehead atoms. The molecule has 1 aliphatic carbocycles. The summed E-state index contributed by atoms with van der Waals surface area (Å²) in [6, 6.07) is 14.7. The third kappa shape index (κ3) is 4.25. The second-order valence-corrected chi connectivity index (χ2v) is 9.72. The molecule has 0 spiro atoms. The van der Waals surface area contributed by atoms with Crippen LogP contribution in [0.1, 0.15) is 46.4 Å². The molecule has 1 saturated carbocycles. The Morgan fingerprint density at radius 3 is 2.35 bits per heavy atom. The van der Waals surface area contributed by atoms with Gasteiger partial charge in [-0.25, -0.2) is 0 Å². The lowest BCUT2D eigenvalue weighted by atomic mass is 9.91. The van der Waals surface area contributed by atoms with Crippen LogP contribution in [0.3, 0.4) is 0 Å². The largest absolute Gasteiger partial charge is 0.366 e. The van der Waals surface area contributed by atoms with Crippen LogP contribution >= 0.6 is 23.2 Å². The van der Waals surface area contributed by atoms with E-state index >= 15 is 0 Å². The summed E-state index contributed by atoms with van der Waals surface area (Å²) < 4.78 is 0. The molecule has 1 fully saturated rings. The fraction of sp³-hybridized carbons (Fsp3) is 0.231. The summed E-state index contributed by atoms with van der Waals surface area (Å²) in [7, 11) is 0. The highest BCUT2D eigenvalue weighted by Crippen LogP contribution is 2.35. The molecule has 8 heteroatoms. The number of fused-ring (bicyclic) bond motifs is 3. The topological polar surface area (TPSA) is 114 Å². The van der Waals surface area contributed by atoms with Crippen LogP contribution < -0.4 is 16.8 Å². The van der Waals surface area contributed by atoms with Gasteiger partial charge < -0.3 is 21.8 Å². The number of primary amides is 1. The molecule has 174 valence electrons. The molecule has 0 aliphatic heterocycles. The number of carbonyl (C=O) groups is 2. The molecule has 5 rings (SSSR count). The van der Waals surface area contributed by atoms with Crippen molar-refractivity contribution < 1.29 is 9.59 Å². The first-order valence-electron chi connectivity index (χ1n) is 11.2. The van der Waals surface area contributed by atoms with E-state index in [9.17, 15) is 9.59 Å². The molecule has 4 aromatic rings. The van der Waals surface area contributed by atoms with Crippen LogP contribution in [0.25, 0.3) is 32.9 Å². The number of halogens is 2. The Morgan fingerprint density at radius 2 is 1.65 bits per heavy atom. The number of hydrogen-bond donors (Lipinski definition) is 4. The first-order valence-corrected chi connectivity index (χ1v) is 12.0. The zero-order chi connectivity index (χ0) is 24.0. The lowest BCUT2D eigenvalue weighted by Gasteiger charge is -2.27. The molecule has 0 saturated heterocycles. The first-order chi connectivity index (χ1) is 16.3. The normalized spacial score (nSPS) is 18.3. The van der Waals surface area contributed by atoms with Crippen LogP contribution in [0, 0.1) is 0 Å². The first kappa shape index (κ1) is 22.7. The Bertz CT molecular complexity index is 1440. The van der Waals surface area contributed by atoms with Crippen LogP contribution in [0.2, 0.25) is 10.0 Å². The predicted molar refractivity (Wildman–Crippen MR) is 137 cm³/mol.